The zero-order valence-corrected chi connectivity index (χ0v) is 10.8. The highest BCUT2D eigenvalue weighted by molar-refractivity contribution is 5.43. The molecular formula is C14H18N4O. The van der Waals surface area contributed by atoms with E-state index in [1.54, 1.807) is 12.5 Å². The van der Waals surface area contributed by atoms with Crippen molar-refractivity contribution in [3.63, 3.8) is 0 Å². The Bertz CT molecular complexity index is 489. The molecule has 0 bridgehead atoms. The molecule has 0 atom stereocenters. The normalized spacial score (nSPS) is 16.4. The molecule has 1 aliphatic rings. The number of nitrogens with zero attached hydrogens (tertiary/aromatic N) is 3. The number of pyridine rings is 1. The lowest BCUT2D eigenvalue weighted by molar-refractivity contribution is 0.0699. The number of imidazole rings is 1. The van der Waals surface area contributed by atoms with Crippen LogP contribution in [0, 0.1) is 5.92 Å². The Morgan fingerprint density at radius 3 is 2.89 bits per heavy atom. The van der Waals surface area contributed by atoms with E-state index in [2.05, 4.69) is 21.4 Å². The number of rotatable bonds is 4. The fourth-order valence-corrected chi connectivity index (χ4v) is 2.25. The Hall–Kier alpha value is -1.88. The van der Waals surface area contributed by atoms with E-state index in [1.807, 2.05) is 23.0 Å². The SMILES string of the molecule is c1cn(-c2ccc(NCC3CCOCC3)cn2)cn1. The first kappa shape index (κ1) is 12.2. The topological polar surface area (TPSA) is 52.0 Å². The molecule has 1 N–H and O–H groups in total. The number of hydrogen-bond donors (Lipinski definition) is 1. The molecule has 0 spiro atoms. The summed E-state index contributed by atoms with van der Waals surface area (Å²) in [5, 5.41) is 3.44. The fraction of sp³-hybridized carbons (Fsp3) is 0.429. The van der Waals surface area contributed by atoms with Gasteiger partial charge in [0.1, 0.15) is 12.1 Å². The van der Waals surface area contributed by atoms with Gasteiger partial charge in [0.25, 0.3) is 0 Å². The van der Waals surface area contributed by atoms with E-state index in [9.17, 15) is 0 Å². The molecular weight excluding hydrogens is 240 g/mol. The quantitative estimate of drug-likeness (QED) is 0.912. The van der Waals surface area contributed by atoms with Crippen LogP contribution in [0.1, 0.15) is 12.8 Å². The summed E-state index contributed by atoms with van der Waals surface area (Å²) in [6.07, 6.45) is 9.55. The van der Waals surface area contributed by atoms with E-state index in [0.717, 1.165) is 44.1 Å². The van der Waals surface area contributed by atoms with Crippen LogP contribution in [0.25, 0.3) is 5.82 Å². The molecule has 3 rings (SSSR count). The van der Waals surface area contributed by atoms with Gasteiger partial charge in [0.05, 0.1) is 11.9 Å². The van der Waals surface area contributed by atoms with Crippen molar-refractivity contribution in [1.29, 1.82) is 0 Å². The number of anilines is 1. The summed E-state index contributed by atoms with van der Waals surface area (Å²) in [4.78, 5) is 8.43. The third-order valence-corrected chi connectivity index (χ3v) is 3.45. The van der Waals surface area contributed by atoms with Crippen LogP contribution >= 0.6 is 0 Å². The van der Waals surface area contributed by atoms with Crippen LogP contribution in [0.3, 0.4) is 0 Å². The van der Waals surface area contributed by atoms with Gasteiger partial charge in [-0.05, 0) is 30.9 Å². The van der Waals surface area contributed by atoms with Crippen LogP contribution in [0.15, 0.2) is 37.1 Å². The largest absolute Gasteiger partial charge is 0.384 e. The van der Waals surface area contributed by atoms with Gasteiger partial charge < -0.3 is 10.1 Å². The fourth-order valence-electron chi connectivity index (χ4n) is 2.25. The zero-order chi connectivity index (χ0) is 12.9. The second-order valence-corrected chi connectivity index (χ2v) is 4.81. The maximum atomic E-state index is 5.36. The maximum absolute atomic E-state index is 5.36. The Labute approximate surface area is 112 Å². The molecule has 1 aliphatic heterocycles. The predicted molar refractivity (Wildman–Crippen MR) is 73.4 cm³/mol. The van der Waals surface area contributed by atoms with Gasteiger partial charge in [-0.2, -0.15) is 0 Å². The Balaban J connectivity index is 1.57. The van der Waals surface area contributed by atoms with Gasteiger partial charge in [0.2, 0.25) is 0 Å². The van der Waals surface area contributed by atoms with Crippen molar-refractivity contribution < 1.29 is 4.74 Å². The van der Waals surface area contributed by atoms with Crippen LogP contribution in [-0.2, 0) is 4.74 Å². The smallest absolute Gasteiger partial charge is 0.137 e. The van der Waals surface area contributed by atoms with Gasteiger partial charge in [-0.1, -0.05) is 0 Å². The van der Waals surface area contributed by atoms with Gasteiger partial charge in [0, 0.05) is 32.2 Å². The predicted octanol–water partition coefficient (Wildman–Crippen LogP) is 2.11. The average Bonchev–Trinajstić information content (AvgIpc) is 3.01. The molecule has 0 unspecified atom stereocenters. The van der Waals surface area contributed by atoms with E-state index in [4.69, 9.17) is 4.74 Å². The van der Waals surface area contributed by atoms with Crippen molar-refractivity contribution in [3.8, 4) is 5.82 Å². The molecule has 1 saturated heterocycles. The third-order valence-electron chi connectivity index (χ3n) is 3.45. The number of aromatic nitrogens is 3. The van der Waals surface area contributed by atoms with Crippen LogP contribution in [0.4, 0.5) is 5.69 Å². The first-order valence-corrected chi connectivity index (χ1v) is 6.68. The van der Waals surface area contributed by atoms with Gasteiger partial charge in [-0.3, -0.25) is 4.57 Å². The first-order chi connectivity index (χ1) is 9.42. The van der Waals surface area contributed by atoms with Crippen molar-refractivity contribution in [2.75, 3.05) is 25.1 Å². The molecule has 1 fully saturated rings. The van der Waals surface area contributed by atoms with Crippen molar-refractivity contribution in [3.05, 3.63) is 37.1 Å². The summed E-state index contributed by atoms with van der Waals surface area (Å²) in [6.45, 7) is 2.78. The molecule has 0 radical (unpaired) electrons. The molecule has 19 heavy (non-hydrogen) atoms. The van der Waals surface area contributed by atoms with Crippen LogP contribution in [0.2, 0.25) is 0 Å². The van der Waals surface area contributed by atoms with E-state index >= 15 is 0 Å². The lowest BCUT2D eigenvalue weighted by Gasteiger charge is -2.22. The molecule has 0 aliphatic carbocycles. The minimum absolute atomic E-state index is 0.710. The maximum Gasteiger partial charge on any atom is 0.137 e. The van der Waals surface area contributed by atoms with E-state index in [-0.39, 0.29) is 0 Å². The van der Waals surface area contributed by atoms with Gasteiger partial charge >= 0.3 is 0 Å². The van der Waals surface area contributed by atoms with Crippen molar-refractivity contribution >= 4 is 5.69 Å². The molecule has 2 aromatic rings. The molecule has 2 aromatic heterocycles. The summed E-state index contributed by atoms with van der Waals surface area (Å²) in [7, 11) is 0. The summed E-state index contributed by atoms with van der Waals surface area (Å²) in [6, 6.07) is 4.05. The molecule has 5 heteroatoms. The van der Waals surface area contributed by atoms with Gasteiger partial charge in [-0.15, -0.1) is 0 Å². The number of nitrogens with one attached hydrogen (secondary N) is 1. The van der Waals surface area contributed by atoms with E-state index in [1.165, 1.54) is 0 Å². The minimum Gasteiger partial charge on any atom is -0.384 e. The van der Waals surface area contributed by atoms with Gasteiger partial charge in [0.15, 0.2) is 0 Å². The summed E-state index contributed by atoms with van der Waals surface area (Å²) in [5.74, 6) is 1.59. The average molecular weight is 258 g/mol. The van der Waals surface area contributed by atoms with Crippen molar-refractivity contribution in [1.82, 2.24) is 14.5 Å². The van der Waals surface area contributed by atoms with Crippen LogP contribution in [0.5, 0.6) is 0 Å². The monoisotopic (exact) mass is 258 g/mol. The summed E-state index contributed by atoms with van der Waals surface area (Å²) < 4.78 is 7.25. The Kier molecular flexibility index (Phi) is 3.74. The Morgan fingerprint density at radius 1 is 1.32 bits per heavy atom. The first-order valence-electron chi connectivity index (χ1n) is 6.68. The molecule has 5 nitrogen and oxygen atoms in total. The molecule has 3 heterocycles. The van der Waals surface area contributed by atoms with Crippen molar-refractivity contribution in [2.24, 2.45) is 5.92 Å². The second-order valence-electron chi connectivity index (χ2n) is 4.81. The number of ether oxygens (including phenoxy) is 1. The lowest BCUT2D eigenvalue weighted by atomic mass is 10.0. The van der Waals surface area contributed by atoms with Crippen LogP contribution in [-0.4, -0.2) is 34.3 Å². The highest BCUT2D eigenvalue weighted by atomic mass is 16.5. The summed E-state index contributed by atoms with van der Waals surface area (Å²) >= 11 is 0. The summed E-state index contributed by atoms with van der Waals surface area (Å²) in [5.41, 5.74) is 1.07. The highest BCUT2D eigenvalue weighted by Gasteiger charge is 2.13. The van der Waals surface area contributed by atoms with Crippen LogP contribution < -0.4 is 5.32 Å². The van der Waals surface area contributed by atoms with Gasteiger partial charge in [-0.25, -0.2) is 9.97 Å². The number of hydrogen-bond acceptors (Lipinski definition) is 4. The molecule has 0 amide bonds. The molecule has 0 aromatic carbocycles. The van der Waals surface area contributed by atoms with E-state index in [0.29, 0.717) is 5.92 Å². The Morgan fingerprint density at radius 2 is 2.21 bits per heavy atom. The minimum atomic E-state index is 0.710. The molecule has 0 saturated carbocycles. The zero-order valence-electron chi connectivity index (χ0n) is 10.8. The highest BCUT2D eigenvalue weighted by Crippen LogP contribution is 2.16. The van der Waals surface area contributed by atoms with E-state index < -0.39 is 0 Å². The lowest BCUT2D eigenvalue weighted by Crippen LogP contribution is -2.22. The van der Waals surface area contributed by atoms with Crippen molar-refractivity contribution in [2.45, 2.75) is 12.8 Å². The third kappa shape index (κ3) is 3.12. The standard InChI is InChI=1S/C14H18N4O/c1-2-14(18-6-5-15-11-18)17-10-13(1)16-9-12-3-7-19-8-4-12/h1-2,5-6,10-12,16H,3-4,7-9H2. The second kappa shape index (κ2) is 5.84. The molecule has 100 valence electrons.